The van der Waals surface area contributed by atoms with Crippen LogP contribution in [0.15, 0.2) is 45.8 Å². The fourth-order valence-corrected chi connectivity index (χ4v) is 4.38. The smallest absolute Gasteiger partial charge is 0.311 e. The maximum Gasteiger partial charge on any atom is 0.311 e. The van der Waals surface area contributed by atoms with Crippen molar-refractivity contribution in [3.63, 3.8) is 0 Å². The molecule has 3 rings (SSSR count). The van der Waals surface area contributed by atoms with Crippen molar-refractivity contribution in [3.05, 3.63) is 62.1 Å². The average Bonchev–Trinajstić information content (AvgIpc) is 2.53. The Morgan fingerprint density at radius 3 is 2.58 bits per heavy atom. The third-order valence-electron chi connectivity index (χ3n) is 4.12. The first-order valence-electron chi connectivity index (χ1n) is 7.27. The number of hydrogen-bond acceptors (Lipinski definition) is 5. The van der Waals surface area contributed by atoms with Gasteiger partial charge in [0.05, 0.1) is 4.92 Å². The molecule has 1 aliphatic rings. The van der Waals surface area contributed by atoms with Gasteiger partial charge < -0.3 is 4.90 Å². The molecule has 0 unspecified atom stereocenters. The van der Waals surface area contributed by atoms with E-state index >= 15 is 0 Å². The highest BCUT2D eigenvalue weighted by Gasteiger charge is 2.30. The minimum absolute atomic E-state index is 0.247. The van der Waals surface area contributed by atoms with Gasteiger partial charge in [-0.1, -0.05) is 34.1 Å². The Balaban J connectivity index is 2.11. The van der Waals surface area contributed by atoms with Crippen LogP contribution in [0.5, 0.6) is 0 Å². The van der Waals surface area contributed by atoms with Gasteiger partial charge in [-0.2, -0.15) is 0 Å². The molecule has 24 heavy (non-hydrogen) atoms. The SMILES string of the molecule is CS(=O)(=O)c1cccc(N2CCc3cccc(Br)c3C2)c1[N+](=O)[O-]. The Bertz CT molecular complexity index is 928. The molecule has 0 fully saturated rings. The number of nitro groups is 1. The molecule has 8 heteroatoms. The van der Waals surface area contributed by atoms with Crippen LogP contribution in [0.1, 0.15) is 11.1 Å². The van der Waals surface area contributed by atoms with Crippen LogP contribution in [0.25, 0.3) is 0 Å². The lowest BCUT2D eigenvalue weighted by Gasteiger charge is -2.31. The number of fused-ring (bicyclic) bond motifs is 1. The van der Waals surface area contributed by atoms with Crippen LogP contribution in [0.3, 0.4) is 0 Å². The van der Waals surface area contributed by atoms with Gasteiger partial charge in [0.2, 0.25) is 0 Å². The van der Waals surface area contributed by atoms with Gasteiger partial charge in [0.1, 0.15) is 10.6 Å². The minimum Gasteiger partial charge on any atom is -0.361 e. The van der Waals surface area contributed by atoms with Crippen LogP contribution < -0.4 is 4.90 Å². The zero-order chi connectivity index (χ0) is 17.5. The zero-order valence-electron chi connectivity index (χ0n) is 12.9. The van der Waals surface area contributed by atoms with Crippen molar-refractivity contribution in [2.45, 2.75) is 17.9 Å². The van der Waals surface area contributed by atoms with Crippen molar-refractivity contribution in [2.75, 3.05) is 17.7 Å². The first kappa shape index (κ1) is 16.9. The largest absolute Gasteiger partial charge is 0.361 e. The highest BCUT2D eigenvalue weighted by Crippen LogP contribution is 2.37. The normalized spacial score (nSPS) is 14.3. The quantitative estimate of drug-likeness (QED) is 0.572. The predicted molar refractivity (Wildman–Crippen MR) is 95.1 cm³/mol. The lowest BCUT2D eigenvalue weighted by Crippen LogP contribution is -2.31. The molecule has 0 N–H and O–H groups in total. The predicted octanol–water partition coefficient (Wildman–Crippen LogP) is 3.32. The van der Waals surface area contributed by atoms with E-state index in [0.29, 0.717) is 18.8 Å². The molecule has 0 spiro atoms. The summed E-state index contributed by atoms with van der Waals surface area (Å²) < 4.78 is 24.8. The molecule has 2 aromatic rings. The Kier molecular flexibility index (Phi) is 4.35. The third kappa shape index (κ3) is 3.03. The molecule has 0 amide bonds. The molecule has 126 valence electrons. The van der Waals surface area contributed by atoms with E-state index in [9.17, 15) is 18.5 Å². The standard InChI is InChI=1S/C16H15BrN2O4S/c1-24(22,23)15-7-3-6-14(16(15)19(20)21)18-9-8-11-4-2-5-13(17)12(11)10-18/h2-7H,8-10H2,1H3. The van der Waals surface area contributed by atoms with E-state index in [-0.39, 0.29) is 10.6 Å². The summed E-state index contributed by atoms with van der Waals surface area (Å²) in [6.45, 7) is 1.09. The lowest BCUT2D eigenvalue weighted by atomic mass is 9.99. The number of nitrogens with zero attached hydrogens (tertiary/aromatic N) is 2. The Labute approximate surface area is 148 Å². The van der Waals surface area contributed by atoms with Crippen molar-refractivity contribution < 1.29 is 13.3 Å². The molecule has 0 aliphatic carbocycles. The van der Waals surface area contributed by atoms with Crippen LogP contribution in [-0.4, -0.2) is 26.1 Å². The van der Waals surface area contributed by atoms with Crippen LogP contribution in [-0.2, 0) is 22.8 Å². The molecule has 0 radical (unpaired) electrons. The fourth-order valence-electron chi connectivity index (χ4n) is 2.99. The maximum absolute atomic E-state index is 11.9. The Hall–Kier alpha value is -1.93. The molecule has 6 nitrogen and oxygen atoms in total. The molecule has 0 saturated heterocycles. The van der Waals surface area contributed by atoms with Crippen LogP contribution in [0, 0.1) is 10.1 Å². The minimum atomic E-state index is -3.69. The van der Waals surface area contributed by atoms with E-state index in [1.807, 2.05) is 23.1 Å². The van der Waals surface area contributed by atoms with E-state index in [2.05, 4.69) is 15.9 Å². The molecule has 1 aliphatic heterocycles. The monoisotopic (exact) mass is 410 g/mol. The summed E-state index contributed by atoms with van der Waals surface area (Å²) in [5.74, 6) is 0. The van der Waals surface area contributed by atoms with E-state index in [4.69, 9.17) is 0 Å². The van der Waals surface area contributed by atoms with E-state index in [1.54, 1.807) is 12.1 Å². The summed E-state index contributed by atoms with van der Waals surface area (Å²) in [5, 5.41) is 11.5. The van der Waals surface area contributed by atoms with E-state index in [0.717, 1.165) is 22.7 Å². The average molecular weight is 411 g/mol. The van der Waals surface area contributed by atoms with Crippen LogP contribution in [0.4, 0.5) is 11.4 Å². The fraction of sp³-hybridized carbons (Fsp3) is 0.250. The highest BCUT2D eigenvalue weighted by atomic mass is 79.9. The summed E-state index contributed by atoms with van der Waals surface area (Å²) in [5.41, 5.74) is 2.25. The van der Waals surface area contributed by atoms with Gasteiger partial charge in [-0.3, -0.25) is 10.1 Å². The summed E-state index contributed by atoms with van der Waals surface area (Å²) in [6, 6.07) is 10.4. The number of nitro benzene ring substituents is 1. The second-order valence-corrected chi connectivity index (χ2v) is 8.54. The van der Waals surface area contributed by atoms with E-state index < -0.39 is 14.8 Å². The van der Waals surface area contributed by atoms with Crippen molar-refractivity contribution in [3.8, 4) is 0 Å². The first-order chi connectivity index (χ1) is 11.3. The van der Waals surface area contributed by atoms with Crippen molar-refractivity contribution in [1.82, 2.24) is 0 Å². The number of hydrogen-bond donors (Lipinski definition) is 0. The van der Waals surface area contributed by atoms with Crippen molar-refractivity contribution >= 4 is 37.1 Å². The second kappa shape index (κ2) is 6.18. The van der Waals surface area contributed by atoms with Gasteiger partial charge >= 0.3 is 5.69 Å². The Morgan fingerprint density at radius 2 is 1.92 bits per heavy atom. The summed E-state index contributed by atoms with van der Waals surface area (Å²) in [4.78, 5) is 12.6. The zero-order valence-corrected chi connectivity index (χ0v) is 15.3. The number of rotatable bonds is 3. The second-order valence-electron chi connectivity index (χ2n) is 5.70. The summed E-state index contributed by atoms with van der Waals surface area (Å²) in [7, 11) is -3.69. The highest BCUT2D eigenvalue weighted by molar-refractivity contribution is 9.10. The number of para-hydroxylation sites is 1. The Morgan fingerprint density at radius 1 is 1.21 bits per heavy atom. The maximum atomic E-state index is 11.9. The number of sulfone groups is 1. The summed E-state index contributed by atoms with van der Waals surface area (Å²) >= 11 is 3.52. The molecular weight excluding hydrogens is 396 g/mol. The molecule has 2 aromatic carbocycles. The van der Waals surface area contributed by atoms with Crippen LogP contribution in [0.2, 0.25) is 0 Å². The van der Waals surface area contributed by atoms with Crippen molar-refractivity contribution in [1.29, 1.82) is 0 Å². The number of benzene rings is 2. The van der Waals surface area contributed by atoms with Gasteiger partial charge in [0, 0.05) is 23.8 Å². The lowest BCUT2D eigenvalue weighted by molar-refractivity contribution is -0.387. The molecule has 0 bridgehead atoms. The molecule has 0 aromatic heterocycles. The van der Waals surface area contributed by atoms with Gasteiger partial charge in [-0.15, -0.1) is 0 Å². The van der Waals surface area contributed by atoms with Gasteiger partial charge in [0.25, 0.3) is 0 Å². The van der Waals surface area contributed by atoms with Gasteiger partial charge in [-0.25, -0.2) is 8.42 Å². The summed E-state index contributed by atoms with van der Waals surface area (Å²) in [6.07, 6.45) is 1.73. The van der Waals surface area contributed by atoms with Gasteiger partial charge in [-0.05, 0) is 35.7 Å². The number of anilines is 1. The van der Waals surface area contributed by atoms with Gasteiger partial charge in [0.15, 0.2) is 9.84 Å². The molecule has 0 atom stereocenters. The molecule has 1 heterocycles. The van der Waals surface area contributed by atoms with E-state index in [1.165, 1.54) is 11.6 Å². The molecular formula is C16H15BrN2O4S. The molecule has 0 saturated carbocycles. The first-order valence-corrected chi connectivity index (χ1v) is 9.96. The number of halogens is 1. The topological polar surface area (TPSA) is 80.5 Å². The third-order valence-corrected chi connectivity index (χ3v) is 5.99. The van der Waals surface area contributed by atoms with Crippen LogP contribution >= 0.6 is 15.9 Å². The van der Waals surface area contributed by atoms with Crippen molar-refractivity contribution in [2.24, 2.45) is 0 Å².